The van der Waals surface area contributed by atoms with Crippen molar-refractivity contribution in [3.63, 3.8) is 0 Å². The molecule has 0 aromatic carbocycles. The number of nitrogens with two attached hydrogens (primary N) is 1. The van der Waals surface area contributed by atoms with Gasteiger partial charge < -0.3 is 15.7 Å². The minimum atomic E-state index is 0.180. The van der Waals surface area contributed by atoms with Crippen molar-refractivity contribution in [2.75, 3.05) is 18.1 Å². The van der Waals surface area contributed by atoms with Gasteiger partial charge in [0.15, 0.2) is 0 Å². The topological polar surface area (TPSA) is 62.4 Å². The molecule has 0 saturated heterocycles. The van der Waals surface area contributed by atoms with Crippen LogP contribution in [0, 0.1) is 0 Å². The summed E-state index contributed by atoms with van der Waals surface area (Å²) in [6, 6.07) is 2.81. The van der Waals surface area contributed by atoms with Crippen LogP contribution in [0.1, 0.15) is 48.9 Å². The second-order valence-corrected chi connectivity index (χ2v) is 5.99. The molecule has 3 N–H and O–H groups in total. The third-order valence-corrected chi connectivity index (χ3v) is 4.71. The lowest BCUT2D eigenvalue weighted by molar-refractivity contribution is 0.282. The summed E-state index contributed by atoms with van der Waals surface area (Å²) in [4.78, 5) is 7.23. The normalized spacial score (nSPS) is 18.5. The molecule has 1 heterocycles. The Bertz CT molecular complexity index is 471. The Kier molecular flexibility index (Phi) is 4.22. The Labute approximate surface area is 121 Å². The number of pyridine rings is 1. The molecule has 0 unspecified atom stereocenters. The number of aliphatic hydroxyl groups excluding tert-OH is 1. The lowest BCUT2D eigenvalue weighted by Crippen LogP contribution is -2.43. The van der Waals surface area contributed by atoms with Crippen LogP contribution < -0.4 is 10.6 Å². The van der Waals surface area contributed by atoms with Gasteiger partial charge >= 0.3 is 0 Å². The highest BCUT2D eigenvalue weighted by atomic mass is 16.3. The Morgan fingerprint density at radius 2 is 2.05 bits per heavy atom. The van der Waals surface area contributed by atoms with Crippen LogP contribution in [-0.4, -0.2) is 29.3 Å². The molecule has 0 amide bonds. The summed E-state index contributed by atoms with van der Waals surface area (Å²) < 4.78 is 0. The van der Waals surface area contributed by atoms with Crippen LogP contribution in [0.5, 0.6) is 0 Å². The van der Waals surface area contributed by atoms with E-state index in [0.29, 0.717) is 19.1 Å². The number of aliphatic hydroxyl groups is 1. The molecule has 0 aliphatic heterocycles. The van der Waals surface area contributed by atoms with Crippen LogP contribution >= 0.6 is 0 Å². The molecule has 1 fully saturated rings. The fraction of sp³-hybridized carbons (Fsp3) is 0.688. The van der Waals surface area contributed by atoms with E-state index in [2.05, 4.69) is 11.0 Å². The standard InChI is InChI=1S/C16H25N3O/c17-11-13-10-12-4-1-2-7-15(12)18-16(13)19(8-9-20)14-5-3-6-14/h10,14,20H,1-9,11,17H2. The summed E-state index contributed by atoms with van der Waals surface area (Å²) in [5, 5.41) is 9.37. The number of hydrogen-bond donors (Lipinski definition) is 2. The first kappa shape index (κ1) is 13.8. The van der Waals surface area contributed by atoms with E-state index in [0.717, 1.165) is 24.2 Å². The lowest BCUT2D eigenvalue weighted by atomic mass is 9.90. The van der Waals surface area contributed by atoms with E-state index in [9.17, 15) is 5.11 Å². The van der Waals surface area contributed by atoms with Gasteiger partial charge in [-0.2, -0.15) is 0 Å². The van der Waals surface area contributed by atoms with Crippen molar-refractivity contribution in [2.45, 2.75) is 57.5 Å². The molecule has 0 spiro atoms. The van der Waals surface area contributed by atoms with Gasteiger partial charge in [-0.05, 0) is 56.6 Å². The molecule has 2 aliphatic rings. The summed E-state index contributed by atoms with van der Waals surface area (Å²) in [5.74, 6) is 1.03. The number of aryl methyl sites for hydroxylation is 2. The van der Waals surface area contributed by atoms with E-state index in [1.54, 1.807) is 0 Å². The minimum absolute atomic E-state index is 0.180. The van der Waals surface area contributed by atoms with Gasteiger partial charge in [-0.1, -0.05) is 0 Å². The van der Waals surface area contributed by atoms with Crippen molar-refractivity contribution >= 4 is 5.82 Å². The molecule has 4 heteroatoms. The molecule has 20 heavy (non-hydrogen) atoms. The SMILES string of the molecule is NCc1cc2c(nc1N(CCO)C1CCC1)CCCC2. The third-order valence-electron chi connectivity index (χ3n) is 4.71. The minimum Gasteiger partial charge on any atom is -0.395 e. The number of fused-ring (bicyclic) bond motifs is 1. The summed E-state index contributed by atoms with van der Waals surface area (Å²) in [6.07, 6.45) is 8.44. The van der Waals surface area contributed by atoms with Gasteiger partial charge in [0, 0.05) is 30.4 Å². The molecule has 0 bridgehead atoms. The first-order valence-corrected chi connectivity index (χ1v) is 7.92. The van der Waals surface area contributed by atoms with Crippen LogP contribution in [0.4, 0.5) is 5.82 Å². The van der Waals surface area contributed by atoms with Crippen molar-refractivity contribution < 1.29 is 5.11 Å². The van der Waals surface area contributed by atoms with Crippen LogP contribution in [0.15, 0.2) is 6.07 Å². The zero-order valence-electron chi connectivity index (χ0n) is 12.1. The van der Waals surface area contributed by atoms with E-state index in [-0.39, 0.29) is 6.61 Å². The Hall–Kier alpha value is -1.13. The van der Waals surface area contributed by atoms with Gasteiger partial charge in [0.25, 0.3) is 0 Å². The predicted molar refractivity (Wildman–Crippen MR) is 80.8 cm³/mol. The van der Waals surface area contributed by atoms with Gasteiger partial charge in [0.05, 0.1) is 6.61 Å². The number of rotatable bonds is 5. The number of aromatic nitrogens is 1. The van der Waals surface area contributed by atoms with Crippen molar-refractivity contribution in [1.82, 2.24) is 4.98 Å². The molecule has 0 radical (unpaired) electrons. The molecule has 1 saturated carbocycles. The molecular weight excluding hydrogens is 250 g/mol. The maximum Gasteiger partial charge on any atom is 0.133 e. The van der Waals surface area contributed by atoms with Crippen LogP contribution in [0.3, 0.4) is 0 Å². The summed E-state index contributed by atoms with van der Waals surface area (Å²) in [7, 11) is 0. The molecule has 0 atom stereocenters. The second kappa shape index (κ2) is 6.10. The monoisotopic (exact) mass is 275 g/mol. The van der Waals surface area contributed by atoms with Gasteiger partial charge in [-0.25, -0.2) is 4.98 Å². The average molecular weight is 275 g/mol. The predicted octanol–water partition coefficient (Wildman–Crippen LogP) is 1.77. The number of anilines is 1. The smallest absolute Gasteiger partial charge is 0.133 e. The first-order chi connectivity index (χ1) is 9.83. The fourth-order valence-electron chi connectivity index (χ4n) is 3.34. The Balaban J connectivity index is 1.96. The van der Waals surface area contributed by atoms with E-state index in [1.165, 1.54) is 43.4 Å². The van der Waals surface area contributed by atoms with Crippen molar-refractivity contribution in [3.05, 3.63) is 22.9 Å². The zero-order chi connectivity index (χ0) is 13.9. The highest BCUT2D eigenvalue weighted by molar-refractivity contribution is 5.51. The Morgan fingerprint density at radius 3 is 2.70 bits per heavy atom. The maximum atomic E-state index is 9.37. The average Bonchev–Trinajstić information content (AvgIpc) is 2.43. The van der Waals surface area contributed by atoms with E-state index in [4.69, 9.17) is 10.7 Å². The third kappa shape index (κ3) is 2.54. The maximum absolute atomic E-state index is 9.37. The highest BCUT2D eigenvalue weighted by Gasteiger charge is 2.28. The summed E-state index contributed by atoms with van der Waals surface area (Å²) in [6.45, 7) is 1.38. The Morgan fingerprint density at radius 1 is 1.25 bits per heavy atom. The lowest BCUT2D eigenvalue weighted by Gasteiger charge is -2.39. The second-order valence-electron chi connectivity index (χ2n) is 5.99. The van der Waals surface area contributed by atoms with Crippen LogP contribution in [0.2, 0.25) is 0 Å². The molecule has 3 rings (SSSR count). The van der Waals surface area contributed by atoms with Gasteiger partial charge in [0.2, 0.25) is 0 Å². The quantitative estimate of drug-likeness (QED) is 0.859. The summed E-state index contributed by atoms with van der Waals surface area (Å²) >= 11 is 0. The van der Waals surface area contributed by atoms with E-state index < -0.39 is 0 Å². The number of nitrogens with zero attached hydrogens (tertiary/aromatic N) is 2. The van der Waals surface area contributed by atoms with Crippen LogP contribution in [0.25, 0.3) is 0 Å². The largest absolute Gasteiger partial charge is 0.395 e. The molecule has 1 aromatic rings. The van der Waals surface area contributed by atoms with Crippen molar-refractivity contribution in [3.8, 4) is 0 Å². The van der Waals surface area contributed by atoms with E-state index in [1.807, 2.05) is 0 Å². The van der Waals surface area contributed by atoms with E-state index >= 15 is 0 Å². The van der Waals surface area contributed by atoms with Gasteiger partial charge in [0.1, 0.15) is 5.82 Å². The zero-order valence-corrected chi connectivity index (χ0v) is 12.1. The number of hydrogen-bond acceptors (Lipinski definition) is 4. The first-order valence-electron chi connectivity index (χ1n) is 7.92. The highest BCUT2D eigenvalue weighted by Crippen LogP contribution is 2.32. The molecule has 2 aliphatic carbocycles. The molecule has 4 nitrogen and oxygen atoms in total. The molecule has 1 aromatic heterocycles. The molecular formula is C16H25N3O. The van der Waals surface area contributed by atoms with Gasteiger partial charge in [-0.3, -0.25) is 0 Å². The van der Waals surface area contributed by atoms with Gasteiger partial charge in [-0.15, -0.1) is 0 Å². The molecule has 110 valence electrons. The fourth-order valence-corrected chi connectivity index (χ4v) is 3.34. The van der Waals surface area contributed by atoms with Crippen LogP contribution in [-0.2, 0) is 19.4 Å². The summed E-state index contributed by atoms with van der Waals surface area (Å²) in [5.41, 5.74) is 9.73. The van der Waals surface area contributed by atoms with Crippen molar-refractivity contribution in [1.29, 1.82) is 0 Å². The van der Waals surface area contributed by atoms with Crippen molar-refractivity contribution in [2.24, 2.45) is 5.73 Å².